The van der Waals surface area contributed by atoms with Gasteiger partial charge in [0.2, 0.25) is 11.8 Å². The number of rotatable bonds is 7. The van der Waals surface area contributed by atoms with Crippen molar-refractivity contribution in [2.24, 2.45) is 0 Å². The van der Waals surface area contributed by atoms with Gasteiger partial charge in [0.05, 0.1) is 10.9 Å². The number of carbonyl (C=O) groups is 2. The molecule has 1 unspecified atom stereocenters. The molecule has 0 heterocycles. The molecule has 3 aromatic rings. The van der Waals surface area contributed by atoms with Gasteiger partial charge < -0.3 is 10.6 Å². The average Bonchev–Trinajstić information content (AvgIpc) is 2.75. The maximum Gasteiger partial charge on any atom is 0.248 e. The molecule has 1 atom stereocenters. The molecule has 2 N–H and O–H groups in total. The molecule has 2 amide bonds. The highest BCUT2D eigenvalue weighted by atomic mass is 79.9. The fourth-order valence-electron chi connectivity index (χ4n) is 2.65. The number of anilines is 2. The molecule has 0 spiro atoms. The SMILES string of the molecule is CC(Sc1cccc(NC(=O)/C=C/c2ccccc2)c1)C(=O)Nc1ccc(Br)cc1F. The van der Waals surface area contributed by atoms with E-state index in [-0.39, 0.29) is 17.5 Å². The maximum absolute atomic E-state index is 13.9. The second-order valence-corrected chi connectivity index (χ2v) is 8.96. The van der Waals surface area contributed by atoms with Crippen molar-refractivity contribution in [3.8, 4) is 0 Å². The van der Waals surface area contributed by atoms with Gasteiger partial charge in [0.15, 0.2) is 0 Å². The summed E-state index contributed by atoms with van der Waals surface area (Å²) in [6.45, 7) is 1.74. The smallest absolute Gasteiger partial charge is 0.248 e. The van der Waals surface area contributed by atoms with Crippen molar-refractivity contribution in [2.45, 2.75) is 17.1 Å². The normalized spacial score (nSPS) is 11.8. The zero-order chi connectivity index (χ0) is 22.2. The van der Waals surface area contributed by atoms with Crippen LogP contribution in [-0.2, 0) is 9.59 Å². The number of amides is 2. The minimum Gasteiger partial charge on any atom is -0.323 e. The van der Waals surface area contributed by atoms with Crippen LogP contribution in [0.1, 0.15) is 12.5 Å². The first-order chi connectivity index (χ1) is 14.9. The van der Waals surface area contributed by atoms with Crippen LogP contribution in [0.5, 0.6) is 0 Å². The summed E-state index contributed by atoms with van der Waals surface area (Å²) in [5, 5.41) is 4.95. The number of thioether (sulfide) groups is 1. The van der Waals surface area contributed by atoms with E-state index < -0.39 is 11.1 Å². The Morgan fingerprint density at radius 2 is 1.77 bits per heavy atom. The summed E-state index contributed by atoms with van der Waals surface area (Å²) in [5.41, 5.74) is 1.69. The molecule has 0 aliphatic carbocycles. The Bertz CT molecular complexity index is 1110. The molecular formula is C24H20BrFN2O2S. The number of hydrogen-bond donors (Lipinski definition) is 2. The van der Waals surface area contributed by atoms with Gasteiger partial charge in [-0.25, -0.2) is 4.39 Å². The number of hydrogen-bond acceptors (Lipinski definition) is 3. The summed E-state index contributed by atoms with van der Waals surface area (Å²) in [6, 6.07) is 21.2. The zero-order valence-corrected chi connectivity index (χ0v) is 19.0. The largest absolute Gasteiger partial charge is 0.323 e. The highest BCUT2D eigenvalue weighted by Gasteiger charge is 2.16. The van der Waals surface area contributed by atoms with Crippen LogP contribution in [-0.4, -0.2) is 17.1 Å². The van der Waals surface area contributed by atoms with Crippen molar-refractivity contribution >= 4 is 57.0 Å². The Morgan fingerprint density at radius 3 is 2.52 bits per heavy atom. The zero-order valence-electron chi connectivity index (χ0n) is 16.6. The molecule has 0 aliphatic rings. The molecule has 31 heavy (non-hydrogen) atoms. The van der Waals surface area contributed by atoms with Crippen LogP contribution in [0.4, 0.5) is 15.8 Å². The highest BCUT2D eigenvalue weighted by molar-refractivity contribution is 9.10. The molecule has 0 saturated carbocycles. The molecule has 4 nitrogen and oxygen atoms in total. The number of halogens is 2. The lowest BCUT2D eigenvalue weighted by Crippen LogP contribution is -2.23. The van der Waals surface area contributed by atoms with Crippen molar-refractivity contribution < 1.29 is 14.0 Å². The van der Waals surface area contributed by atoms with Crippen molar-refractivity contribution in [1.29, 1.82) is 0 Å². The topological polar surface area (TPSA) is 58.2 Å². The number of nitrogens with one attached hydrogen (secondary N) is 2. The average molecular weight is 499 g/mol. The third-order valence-corrected chi connectivity index (χ3v) is 5.79. The van der Waals surface area contributed by atoms with Gasteiger partial charge in [-0.1, -0.05) is 52.3 Å². The molecule has 0 bridgehead atoms. The monoisotopic (exact) mass is 498 g/mol. The second-order valence-electron chi connectivity index (χ2n) is 6.63. The Hall–Kier alpha value is -2.90. The van der Waals surface area contributed by atoms with E-state index in [0.717, 1.165) is 10.5 Å². The van der Waals surface area contributed by atoms with Crippen molar-refractivity contribution in [2.75, 3.05) is 10.6 Å². The van der Waals surface area contributed by atoms with E-state index in [2.05, 4.69) is 26.6 Å². The van der Waals surface area contributed by atoms with Crippen LogP contribution in [0.3, 0.4) is 0 Å². The predicted molar refractivity (Wildman–Crippen MR) is 129 cm³/mol. The molecule has 0 aliphatic heterocycles. The van der Waals surface area contributed by atoms with Gasteiger partial charge in [0.25, 0.3) is 0 Å². The predicted octanol–water partition coefficient (Wildman–Crippen LogP) is 6.36. The molecule has 158 valence electrons. The molecule has 0 radical (unpaired) electrons. The van der Waals surface area contributed by atoms with Crippen LogP contribution >= 0.6 is 27.7 Å². The van der Waals surface area contributed by atoms with Crippen molar-refractivity contribution in [3.05, 3.63) is 94.7 Å². The summed E-state index contributed by atoms with van der Waals surface area (Å²) < 4.78 is 14.5. The van der Waals surface area contributed by atoms with Gasteiger partial charge in [-0.05, 0) is 55.0 Å². The van der Waals surface area contributed by atoms with E-state index >= 15 is 0 Å². The first kappa shape index (κ1) is 22.8. The number of carbonyl (C=O) groups excluding carboxylic acids is 2. The van der Waals surface area contributed by atoms with Gasteiger partial charge in [-0.2, -0.15) is 0 Å². The van der Waals surface area contributed by atoms with Crippen LogP contribution in [0.25, 0.3) is 6.08 Å². The van der Waals surface area contributed by atoms with Crippen LogP contribution < -0.4 is 10.6 Å². The van der Waals surface area contributed by atoms with Crippen LogP contribution in [0.15, 0.2) is 88.2 Å². The quantitative estimate of drug-likeness (QED) is 0.294. The molecule has 0 saturated heterocycles. The summed E-state index contributed by atoms with van der Waals surface area (Å²) >= 11 is 4.51. The maximum atomic E-state index is 13.9. The van der Waals surface area contributed by atoms with E-state index in [9.17, 15) is 14.0 Å². The van der Waals surface area contributed by atoms with Gasteiger partial charge >= 0.3 is 0 Å². The number of benzene rings is 3. The Balaban J connectivity index is 1.58. The van der Waals surface area contributed by atoms with E-state index in [4.69, 9.17) is 0 Å². The Labute approximate surface area is 193 Å². The standard InChI is InChI=1S/C24H20BrFN2O2S/c1-16(24(30)28-22-12-11-18(25)14-21(22)26)31-20-9-5-8-19(15-20)27-23(29)13-10-17-6-3-2-4-7-17/h2-16H,1H3,(H,27,29)(H,28,30)/b13-10+. The molecule has 0 fully saturated rings. The van der Waals surface area contributed by atoms with Gasteiger partial charge in [0, 0.05) is 21.1 Å². The summed E-state index contributed by atoms with van der Waals surface area (Å²) in [6.07, 6.45) is 3.21. The second kappa shape index (κ2) is 10.9. The molecule has 3 rings (SSSR count). The van der Waals surface area contributed by atoms with E-state index in [1.165, 1.54) is 30.0 Å². The Kier molecular flexibility index (Phi) is 8.03. The summed E-state index contributed by atoms with van der Waals surface area (Å²) in [5.74, 6) is -1.07. The van der Waals surface area contributed by atoms with E-state index in [0.29, 0.717) is 10.2 Å². The fraction of sp³-hybridized carbons (Fsp3) is 0.0833. The lowest BCUT2D eigenvalue weighted by atomic mass is 10.2. The fourth-order valence-corrected chi connectivity index (χ4v) is 3.91. The van der Waals surface area contributed by atoms with Crippen molar-refractivity contribution in [3.63, 3.8) is 0 Å². The lowest BCUT2D eigenvalue weighted by molar-refractivity contribution is -0.115. The third-order valence-electron chi connectivity index (χ3n) is 4.20. The summed E-state index contributed by atoms with van der Waals surface area (Å²) in [7, 11) is 0. The lowest BCUT2D eigenvalue weighted by Gasteiger charge is -2.13. The van der Waals surface area contributed by atoms with Crippen molar-refractivity contribution in [1.82, 2.24) is 0 Å². The van der Waals surface area contributed by atoms with Gasteiger partial charge in [-0.15, -0.1) is 11.8 Å². The summed E-state index contributed by atoms with van der Waals surface area (Å²) in [4.78, 5) is 25.4. The first-order valence-electron chi connectivity index (χ1n) is 9.47. The van der Waals surface area contributed by atoms with Crippen LogP contribution in [0.2, 0.25) is 0 Å². The molecule has 3 aromatic carbocycles. The van der Waals surface area contributed by atoms with Gasteiger partial charge in [-0.3, -0.25) is 9.59 Å². The Morgan fingerprint density at radius 1 is 1.00 bits per heavy atom. The minimum atomic E-state index is -0.506. The molecule has 0 aromatic heterocycles. The van der Waals surface area contributed by atoms with Gasteiger partial charge in [0.1, 0.15) is 5.82 Å². The minimum absolute atomic E-state index is 0.131. The molecule has 7 heteroatoms. The molecular weight excluding hydrogens is 479 g/mol. The van der Waals surface area contributed by atoms with E-state index in [1.54, 1.807) is 37.3 Å². The van der Waals surface area contributed by atoms with Crippen LogP contribution in [0, 0.1) is 5.82 Å². The third kappa shape index (κ3) is 7.08. The first-order valence-corrected chi connectivity index (χ1v) is 11.1. The highest BCUT2D eigenvalue weighted by Crippen LogP contribution is 2.27. The van der Waals surface area contributed by atoms with E-state index in [1.807, 2.05) is 36.4 Å².